The SMILES string of the molecule is CC1(C)c2c(F)c(N3c4ccc(-c5ccccc5)cc4[Si](c4ccccc4)(c4ccccc4)c4cc(-c5ccccc5)ccc43)c(C#N)c(N3c4ccc(-c5ccccc5)cc4[Si](c4ccccc4)(c4ccccc4)c4cc(-c5ccccc5)ccc43)c2C(C)(C)C12c1cc(-c3ccccc3)ccc1-c1ccc(-c3ccccc3)cc12. The molecule has 6 heteroatoms. The van der Waals surface area contributed by atoms with Crippen molar-refractivity contribution in [3.63, 3.8) is 0 Å². The highest BCUT2D eigenvalue weighted by molar-refractivity contribution is 7.22. The minimum absolute atomic E-state index is 0.202. The second kappa shape index (κ2) is 27.2. The zero-order valence-electron chi connectivity index (χ0n) is 65.0. The molecule has 0 unspecified atom stereocenters. The predicted octanol–water partition coefficient (Wildman–Crippen LogP) is 22.6. The molecule has 0 N–H and O–H groups in total. The Morgan fingerprint density at radius 3 is 0.759 bits per heavy atom. The summed E-state index contributed by atoms with van der Waals surface area (Å²) < 4.78 is 22.4. The van der Waals surface area contributed by atoms with Crippen LogP contribution in [0.25, 0.3) is 77.9 Å². The third kappa shape index (κ3) is 10.1. The van der Waals surface area contributed by atoms with Gasteiger partial charge in [0.1, 0.15) is 17.3 Å². The van der Waals surface area contributed by atoms with E-state index >= 15 is 4.39 Å². The Morgan fingerprint density at radius 1 is 0.259 bits per heavy atom. The molecule has 116 heavy (non-hydrogen) atoms. The minimum atomic E-state index is -3.61. The number of halogens is 1. The van der Waals surface area contributed by atoms with Crippen LogP contribution in [0.1, 0.15) is 55.5 Å². The van der Waals surface area contributed by atoms with Crippen molar-refractivity contribution in [3.8, 4) is 84.0 Å². The molecule has 550 valence electrons. The van der Waals surface area contributed by atoms with Gasteiger partial charge in [0, 0.05) is 44.6 Å². The lowest BCUT2D eigenvalue weighted by Gasteiger charge is -2.50. The van der Waals surface area contributed by atoms with E-state index in [0.29, 0.717) is 11.3 Å². The summed E-state index contributed by atoms with van der Waals surface area (Å²) in [7, 11) is -7.21. The zero-order valence-corrected chi connectivity index (χ0v) is 67.0. The van der Waals surface area contributed by atoms with Gasteiger partial charge in [-0.15, -0.1) is 0 Å². The van der Waals surface area contributed by atoms with Crippen molar-refractivity contribution in [1.29, 1.82) is 5.26 Å². The van der Waals surface area contributed by atoms with Crippen LogP contribution in [-0.2, 0) is 16.2 Å². The molecule has 0 atom stereocenters. The van der Waals surface area contributed by atoms with Gasteiger partial charge in [-0.1, -0.05) is 404 Å². The number of anilines is 6. The summed E-state index contributed by atoms with van der Waals surface area (Å²) in [5.41, 5.74) is 20.0. The molecule has 2 heterocycles. The Labute approximate surface area is 680 Å². The highest BCUT2D eigenvalue weighted by Crippen LogP contribution is 2.74. The first kappa shape index (κ1) is 70.1. The van der Waals surface area contributed by atoms with E-state index in [-0.39, 0.29) is 11.3 Å². The number of hydrogen-bond donors (Lipinski definition) is 0. The van der Waals surface area contributed by atoms with Gasteiger partial charge >= 0.3 is 0 Å². The second-order valence-corrected chi connectivity index (χ2v) is 40.0. The Bertz CT molecular complexity index is 6400. The number of benzene rings is 17. The minimum Gasteiger partial charge on any atom is -0.309 e. The average Bonchev–Trinajstić information content (AvgIpc) is 1.46. The molecule has 0 saturated heterocycles. The number of nitriles is 1. The summed E-state index contributed by atoms with van der Waals surface area (Å²) in [6, 6.07) is 154. The van der Waals surface area contributed by atoms with Crippen molar-refractivity contribution in [3.05, 3.63) is 446 Å². The molecule has 2 aliphatic heterocycles. The summed E-state index contributed by atoms with van der Waals surface area (Å²) in [5.74, 6) is -0.429. The molecule has 0 aromatic heterocycles. The van der Waals surface area contributed by atoms with Gasteiger partial charge in [-0.3, -0.25) is 0 Å². The molecule has 21 rings (SSSR count). The molecule has 4 aliphatic rings. The van der Waals surface area contributed by atoms with Crippen molar-refractivity contribution in [1.82, 2.24) is 0 Å². The van der Waals surface area contributed by atoms with Gasteiger partial charge in [0.2, 0.25) is 0 Å². The van der Waals surface area contributed by atoms with E-state index in [1.807, 2.05) is 0 Å². The van der Waals surface area contributed by atoms with Crippen molar-refractivity contribution < 1.29 is 4.39 Å². The van der Waals surface area contributed by atoms with Crippen LogP contribution in [-0.4, -0.2) is 16.1 Å². The van der Waals surface area contributed by atoms with Crippen LogP contribution in [0, 0.1) is 17.1 Å². The van der Waals surface area contributed by atoms with Gasteiger partial charge in [-0.25, -0.2) is 4.39 Å². The van der Waals surface area contributed by atoms with E-state index in [0.717, 1.165) is 138 Å². The van der Waals surface area contributed by atoms with E-state index in [9.17, 15) is 5.26 Å². The van der Waals surface area contributed by atoms with Crippen LogP contribution in [0.3, 0.4) is 0 Å². The van der Waals surface area contributed by atoms with Gasteiger partial charge in [0.15, 0.2) is 22.0 Å². The van der Waals surface area contributed by atoms with E-state index in [1.165, 1.54) is 20.7 Å². The number of hydrogen-bond acceptors (Lipinski definition) is 3. The van der Waals surface area contributed by atoms with Crippen molar-refractivity contribution in [2.45, 2.75) is 43.9 Å². The van der Waals surface area contributed by atoms with Gasteiger partial charge in [-0.2, -0.15) is 5.26 Å². The third-order valence-corrected chi connectivity index (χ3v) is 35.9. The standard InChI is InChI=1S/C110H80FN3Si2/c1-108(2)103-104(109(3,4)110(108)93-67-80(74-35-15-5-16-36-74)55-61-90(93)91-62-56-81(68-94(91)110)75-37-17-6-18-38-75)106(113-95-63-57-82(76-39-19-7-20-40-76)69-99(95)115(86-47-27-11-28-48-86,87-49-29-12-30-50-87)100-70-83(58-64-96(100)113)77-41-21-8-22-42-77)92(73-112)107(105(103)111)114-97-65-59-84(78-43-23-9-24-44-78)71-101(97)116(88-51-31-13-32-52-88,89-53-33-14-34-54-89)102-72-85(60-66-98(102)114)79-45-25-10-26-46-79/h5-72H,1-4H3. The van der Waals surface area contributed by atoms with Crippen molar-refractivity contribution in [2.24, 2.45) is 0 Å². The lowest BCUT2D eigenvalue weighted by Crippen LogP contribution is -2.77. The molecule has 0 bridgehead atoms. The normalized spacial score (nSPS) is 14.9. The summed E-state index contributed by atoms with van der Waals surface area (Å²) in [5, 5.41) is 23.1. The topological polar surface area (TPSA) is 30.3 Å². The molecule has 0 amide bonds. The summed E-state index contributed by atoms with van der Waals surface area (Å²) in [6.07, 6.45) is 0. The van der Waals surface area contributed by atoms with Crippen LogP contribution in [0.5, 0.6) is 0 Å². The fraction of sp³-hybridized carbons (Fsp3) is 0.0636. The van der Waals surface area contributed by atoms with Gasteiger partial charge in [0.05, 0.1) is 5.69 Å². The maximum atomic E-state index is 22.4. The van der Waals surface area contributed by atoms with E-state index < -0.39 is 38.2 Å². The first-order valence-corrected chi connectivity index (χ1v) is 44.3. The van der Waals surface area contributed by atoms with Crippen LogP contribution >= 0.6 is 0 Å². The molecule has 0 radical (unpaired) electrons. The fourth-order valence-electron chi connectivity index (χ4n) is 21.6. The van der Waals surface area contributed by atoms with Crippen molar-refractivity contribution in [2.75, 3.05) is 9.80 Å². The van der Waals surface area contributed by atoms with E-state index in [1.54, 1.807) is 0 Å². The lowest BCUT2D eigenvalue weighted by molar-refractivity contribution is 0.229. The molecule has 0 fully saturated rings. The molecule has 0 saturated carbocycles. The molecule has 2 aliphatic carbocycles. The van der Waals surface area contributed by atoms with Crippen LogP contribution < -0.4 is 51.3 Å². The summed E-state index contributed by atoms with van der Waals surface area (Å²) in [4.78, 5) is 4.71. The maximum absolute atomic E-state index is 22.4. The van der Waals surface area contributed by atoms with Crippen LogP contribution in [0.2, 0.25) is 0 Å². The molecule has 17 aromatic carbocycles. The fourth-order valence-corrected chi connectivity index (χ4v) is 31.9. The predicted molar refractivity (Wildman–Crippen MR) is 486 cm³/mol. The number of nitrogens with zero attached hydrogens (tertiary/aromatic N) is 3. The zero-order chi connectivity index (χ0) is 78.1. The van der Waals surface area contributed by atoms with Gasteiger partial charge < -0.3 is 9.80 Å². The Kier molecular flexibility index (Phi) is 16.4. The van der Waals surface area contributed by atoms with E-state index in [2.05, 4.69) is 456 Å². The molecule has 3 nitrogen and oxygen atoms in total. The molecular weight excluding hydrogens is 1440 g/mol. The first-order chi connectivity index (χ1) is 57.0. The monoisotopic (exact) mass is 1520 g/mol. The van der Waals surface area contributed by atoms with Crippen LogP contribution in [0.4, 0.5) is 38.5 Å². The lowest BCUT2D eigenvalue weighted by atomic mass is 9.52. The average molecular weight is 1520 g/mol. The molecule has 17 aromatic rings. The largest absolute Gasteiger partial charge is 0.309 e. The quantitative estimate of drug-likeness (QED) is 0.114. The Morgan fingerprint density at radius 2 is 0.491 bits per heavy atom. The first-order valence-electron chi connectivity index (χ1n) is 40.3. The van der Waals surface area contributed by atoms with Crippen molar-refractivity contribution >= 4 is 91.8 Å². The highest BCUT2D eigenvalue weighted by atomic mass is 28.3. The Hall–Kier alpha value is -13.8. The van der Waals surface area contributed by atoms with E-state index in [4.69, 9.17) is 0 Å². The van der Waals surface area contributed by atoms with Gasteiger partial charge in [0.25, 0.3) is 0 Å². The summed E-state index contributed by atoms with van der Waals surface area (Å²) >= 11 is 0. The van der Waals surface area contributed by atoms with Crippen LogP contribution in [0.15, 0.2) is 413 Å². The molecular formula is C110H80FN3Si2. The van der Waals surface area contributed by atoms with Gasteiger partial charge in [-0.05, 0) is 172 Å². The number of fused-ring (bicyclic) bond motifs is 10. The molecule has 1 spiro atoms. The summed E-state index contributed by atoms with van der Waals surface area (Å²) in [6.45, 7) is 9.46. The number of rotatable bonds is 12. The Balaban J connectivity index is 0.966. The third-order valence-electron chi connectivity index (χ3n) is 26.2. The maximum Gasteiger partial charge on any atom is 0.184 e. The second-order valence-electron chi connectivity index (χ2n) is 32.5. The highest BCUT2D eigenvalue weighted by Gasteiger charge is 2.70. The smallest absolute Gasteiger partial charge is 0.184 e.